The Morgan fingerprint density at radius 2 is 1.86 bits per heavy atom. The smallest absolute Gasteiger partial charge is 0.269 e. The molecule has 1 N–H and O–H groups in total. The number of hydrogen-bond acceptors (Lipinski definition) is 7. The lowest BCUT2D eigenvalue weighted by Crippen LogP contribution is -2.28. The van der Waals surface area contributed by atoms with Crippen molar-refractivity contribution in [2.75, 3.05) is 16.8 Å². The monoisotopic (exact) mass is 409 g/mol. The molecule has 2 amide bonds. The number of nitrogens with one attached hydrogen (secondary N) is 1. The van der Waals surface area contributed by atoms with E-state index in [4.69, 9.17) is 0 Å². The van der Waals surface area contributed by atoms with Gasteiger partial charge in [0.2, 0.25) is 16.9 Å². The van der Waals surface area contributed by atoms with Crippen LogP contribution in [0.4, 0.5) is 16.5 Å². The third-order valence-corrected chi connectivity index (χ3v) is 5.43. The summed E-state index contributed by atoms with van der Waals surface area (Å²) < 4.78 is 0. The summed E-state index contributed by atoms with van der Waals surface area (Å²) in [6.07, 6.45) is 0.134. The van der Waals surface area contributed by atoms with E-state index in [1.54, 1.807) is 17.0 Å². The number of para-hydroxylation sites is 1. The highest BCUT2D eigenvalue weighted by Crippen LogP contribution is 2.29. The number of carbonyl (C=O) groups is 2. The number of nitrogens with zero attached hydrogens (tertiary/aromatic N) is 4. The lowest BCUT2D eigenvalue weighted by molar-refractivity contribution is -0.384. The van der Waals surface area contributed by atoms with Crippen molar-refractivity contribution in [1.29, 1.82) is 0 Å². The molecule has 0 spiro atoms. The molecule has 3 aromatic rings. The third-order valence-electron chi connectivity index (χ3n) is 4.54. The number of rotatable bonds is 5. The van der Waals surface area contributed by atoms with Gasteiger partial charge in [-0.2, -0.15) is 0 Å². The van der Waals surface area contributed by atoms with Gasteiger partial charge >= 0.3 is 0 Å². The highest BCUT2D eigenvalue weighted by molar-refractivity contribution is 7.18. The largest absolute Gasteiger partial charge is 0.312 e. The Morgan fingerprint density at radius 1 is 1.14 bits per heavy atom. The first-order valence-corrected chi connectivity index (χ1v) is 9.57. The van der Waals surface area contributed by atoms with Gasteiger partial charge in [0.05, 0.1) is 10.8 Å². The Kier molecular flexibility index (Phi) is 5.00. The van der Waals surface area contributed by atoms with Gasteiger partial charge in [0.1, 0.15) is 5.01 Å². The fraction of sp³-hybridized carbons (Fsp3) is 0.158. The predicted molar refractivity (Wildman–Crippen MR) is 108 cm³/mol. The van der Waals surface area contributed by atoms with Crippen LogP contribution in [0.15, 0.2) is 54.6 Å². The lowest BCUT2D eigenvalue weighted by atomic mass is 10.1. The van der Waals surface area contributed by atoms with Crippen LogP contribution in [0.2, 0.25) is 0 Å². The van der Waals surface area contributed by atoms with Crippen LogP contribution in [0, 0.1) is 16.0 Å². The highest BCUT2D eigenvalue weighted by atomic mass is 32.1. The van der Waals surface area contributed by atoms with Crippen LogP contribution < -0.4 is 10.2 Å². The quantitative estimate of drug-likeness (QED) is 0.511. The molecule has 0 aliphatic carbocycles. The van der Waals surface area contributed by atoms with Crippen molar-refractivity contribution in [2.24, 2.45) is 5.92 Å². The molecule has 9 nitrogen and oxygen atoms in total. The van der Waals surface area contributed by atoms with Gasteiger partial charge in [-0.15, -0.1) is 10.2 Å². The zero-order valence-electron chi connectivity index (χ0n) is 15.0. The van der Waals surface area contributed by atoms with Crippen LogP contribution >= 0.6 is 11.3 Å². The molecule has 1 saturated heterocycles. The minimum atomic E-state index is -0.477. The number of benzene rings is 2. The maximum absolute atomic E-state index is 12.6. The van der Waals surface area contributed by atoms with Gasteiger partial charge in [-0.05, 0) is 24.3 Å². The maximum Gasteiger partial charge on any atom is 0.269 e. The van der Waals surface area contributed by atoms with Gasteiger partial charge < -0.3 is 10.2 Å². The normalized spacial score (nSPS) is 16.1. The zero-order chi connectivity index (χ0) is 20.4. The first-order valence-electron chi connectivity index (χ1n) is 8.76. The van der Waals surface area contributed by atoms with E-state index in [1.807, 2.05) is 30.3 Å². The summed E-state index contributed by atoms with van der Waals surface area (Å²) in [6.45, 7) is 0.308. The number of amides is 2. The van der Waals surface area contributed by atoms with Gasteiger partial charge in [0, 0.05) is 36.3 Å². The standard InChI is InChI=1S/C19H15N5O4S/c25-16-10-13(11-23(16)14-4-2-1-3-5-14)17(26)20-19-22-21-18(29-19)12-6-8-15(9-7-12)24(27)28/h1-9,13H,10-11H2,(H,20,22,26). The van der Waals surface area contributed by atoms with Gasteiger partial charge in [-0.25, -0.2) is 0 Å². The Morgan fingerprint density at radius 3 is 2.55 bits per heavy atom. The van der Waals surface area contributed by atoms with Crippen molar-refractivity contribution >= 4 is 39.7 Å². The number of nitro groups is 1. The molecule has 0 radical (unpaired) electrons. The Hall–Kier alpha value is -3.66. The molecule has 1 aliphatic heterocycles. The summed E-state index contributed by atoms with van der Waals surface area (Å²) in [5, 5.41) is 22.3. The fourth-order valence-corrected chi connectivity index (χ4v) is 3.82. The minimum absolute atomic E-state index is 0.0133. The van der Waals surface area contributed by atoms with Crippen molar-refractivity contribution in [1.82, 2.24) is 10.2 Å². The second kappa shape index (κ2) is 7.76. The van der Waals surface area contributed by atoms with Crippen molar-refractivity contribution in [3.8, 4) is 10.6 Å². The molecule has 10 heteroatoms. The van der Waals surface area contributed by atoms with E-state index >= 15 is 0 Å². The van der Waals surface area contributed by atoms with Gasteiger partial charge in [0.25, 0.3) is 5.69 Å². The summed E-state index contributed by atoms with van der Waals surface area (Å²) in [4.78, 5) is 36.7. The molecule has 146 valence electrons. The predicted octanol–water partition coefficient (Wildman–Crippen LogP) is 3.10. The molecule has 1 aliphatic rings. The Bertz CT molecular complexity index is 1070. The molecule has 2 aromatic carbocycles. The SMILES string of the molecule is O=C(Nc1nnc(-c2ccc([N+](=O)[O-])cc2)s1)C1CC(=O)N(c2ccccc2)C1. The number of nitro benzene ring substituents is 1. The van der Waals surface area contributed by atoms with Crippen LogP contribution in [0.3, 0.4) is 0 Å². The van der Waals surface area contributed by atoms with Crippen LogP contribution in [-0.2, 0) is 9.59 Å². The molecule has 2 heterocycles. The van der Waals surface area contributed by atoms with Crippen LogP contribution in [-0.4, -0.2) is 33.5 Å². The molecule has 0 bridgehead atoms. The second-order valence-electron chi connectivity index (χ2n) is 6.45. The number of hydrogen-bond donors (Lipinski definition) is 1. The van der Waals surface area contributed by atoms with Crippen molar-refractivity contribution < 1.29 is 14.5 Å². The van der Waals surface area contributed by atoms with Gasteiger partial charge in [-0.3, -0.25) is 19.7 Å². The number of carbonyl (C=O) groups excluding carboxylic acids is 2. The molecule has 4 rings (SSSR count). The maximum atomic E-state index is 12.6. The van der Waals surface area contributed by atoms with E-state index < -0.39 is 10.8 Å². The summed E-state index contributed by atoms with van der Waals surface area (Å²) in [5.41, 5.74) is 1.42. The van der Waals surface area contributed by atoms with Gasteiger partial charge in [0.15, 0.2) is 0 Å². The van der Waals surface area contributed by atoms with E-state index in [2.05, 4.69) is 15.5 Å². The first-order chi connectivity index (χ1) is 14.0. The van der Waals surface area contributed by atoms with E-state index in [0.717, 1.165) is 17.0 Å². The van der Waals surface area contributed by atoms with Crippen LogP contribution in [0.5, 0.6) is 0 Å². The molecule has 1 unspecified atom stereocenters. The Balaban J connectivity index is 1.42. The first kappa shape index (κ1) is 18.7. The second-order valence-corrected chi connectivity index (χ2v) is 7.42. The molecule has 1 fully saturated rings. The van der Waals surface area contributed by atoms with E-state index in [-0.39, 0.29) is 23.9 Å². The average Bonchev–Trinajstić information content (AvgIpc) is 3.35. The molecule has 1 aromatic heterocycles. The topological polar surface area (TPSA) is 118 Å². The number of non-ortho nitro benzene ring substituents is 1. The van der Waals surface area contributed by atoms with Crippen LogP contribution in [0.1, 0.15) is 6.42 Å². The molecule has 29 heavy (non-hydrogen) atoms. The minimum Gasteiger partial charge on any atom is -0.312 e. The molecule has 0 saturated carbocycles. The number of aromatic nitrogens is 2. The van der Waals surface area contributed by atoms with E-state index in [0.29, 0.717) is 22.2 Å². The van der Waals surface area contributed by atoms with Crippen molar-refractivity contribution in [3.63, 3.8) is 0 Å². The summed E-state index contributed by atoms with van der Waals surface area (Å²) in [7, 11) is 0. The van der Waals surface area contributed by atoms with Crippen LogP contribution in [0.25, 0.3) is 10.6 Å². The van der Waals surface area contributed by atoms with Gasteiger partial charge in [-0.1, -0.05) is 29.5 Å². The number of anilines is 2. The molecular formula is C19H15N5O4S. The summed E-state index contributed by atoms with van der Waals surface area (Å²) in [6, 6.07) is 15.2. The van der Waals surface area contributed by atoms with Crippen molar-refractivity contribution in [2.45, 2.75) is 6.42 Å². The highest BCUT2D eigenvalue weighted by Gasteiger charge is 2.35. The van der Waals surface area contributed by atoms with Crippen molar-refractivity contribution in [3.05, 3.63) is 64.7 Å². The summed E-state index contributed by atoms with van der Waals surface area (Å²) >= 11 is 1.16. The van der Waals surface area contributed by atoms with E-state index in [1.165, 1.54) is 12.1 Å². The molecule has 1 atom stereocenters. The Labute approximate surface area is 169 Å². The summed E-state index contributed by atoms with van der Waals surface area (Å²) in [5.74, 6) is -0.863. The third kappa shape index (κ3) is 3.97. The molecular weight excluding hydrogens is 394 g/mol. The lowest BCUT2D eigenvalue weighted by Gasteiger charge is -2.16. The average molecular weight is 409 g/mol. The zero-order valence-corrected chi connectivity index (χ0v) is 15.8. The van der Waals surface area contributed by atoms with E-state index in [9.17, 15) is 19.7 Å². The fourth-order valence-electron chi connectivity index (χ4n) is 3.06.